The van der Waals surface area contributed by atoms with Crippen LogP contribution in [0.1, 0.15) is 13.3 Å². The number of hydrogen-bond donors (Lipinski definition) is 2. The number of rotatable bonds is 6. The van der Waals surface area contributed by atoms with Gasteiger partial charge in [-0.1, -0.05) is 13.0 Å². The Morgan fingerprint density at radius 2 is 2.27 bits per heavy atom. The first-order chi connectivity index (χ1) is 5.26. The molecule has 0 rings (SSSR count). The maximum atomic E-state index is 9.14. The quantitative estimate of drug-likeness (QED) is 0.550. The van der Waals surface area contributed by atoms with E-state index in [2.05, 4.69) is 6.58 Å². The predicted molar refractivity (Wildman–Crippen MR) is 43.3 cm³/mol. The van der Waals surface area contributed by atoms with Gasteiger partial charge in [0.2, 0.25) is 0 Å². The Morgan fingerprint density at radius 1 is 1.64 bits per heavy atom. The van der Waals surface area contributed by atoms with Crippen LogP contribution in [-0.4, -0.2) is 35.6 Å². The van der Waals surface area contributed by atoms with E-state index < -0.39 is 6.10 Å². The van der Waals surface area contributed by atoms with Gasteiger partial charge in [0.15, 0.2) is 0 Å². The Labute approximate surface area is 67.3 Å². The van der Waals surface area contributed by atoms with Gasteiger partial charge in [0, 0.05) is 0 Å². The first kappa shape index (κ1) is 10.6. The fraction of sp³-hybridized carbons (Fsp3) is 0.750. The average molecular weight is 160 g/mol. The first-order valence-electron chi connectivity index (χ1n) is 3.77. The van der Waals surface area contributed by atoms with Crippen molar-refractivity contribution in [1.29, 1.82) is 0 Å². The molecule has 2 N–H and O–H groups in total. The lowest BCUT2D eigenvalue weighted by molar-refractivity contribution is -0.0502. The van der Waals surface area contributed by atoms with Crippen molar-refractivity contribution in [2.75, 3.05) is 13.2 Å². The monoisotopic (exact) mass is 160 g/mol. The lowest BCUT2D eigenvalue weighted by Gasteiger charge is -2.19. The molecule has 0 heterocycles. The zero-order chi connectivity index (χ0) is 8.69. The van der Waals surface area contributed by atoms with E-state index in [-0.39, 0.29) is 12.7 Å². The van der Waals surface area contributed by atoms with Crippen molar-refractivity contribution in [3.05, 3.63) is 12.7 Å². The fourth-order valence-corrected chi connectivity index (χ4v) is 0.810. The van der Waals surface area contributed by atoms with E-state index in [4.69, 9.17) is 14.9 Å². The summed E-state index contributed by atoms with van der Waals surface area (Å²) in [5.74, 6) is 0. The van der Waals surface area contributed by atoms with Crippen LogP contribution in [0.2, 0.25) is 0 Å². The second-order valence-corrected chi connectivity index (χ2v) is 2.32. The molecule has 0 aliphatic rings. The first-order valence-corrected chi connectivity index (χ1v) is 3.77. The number of aliphatic hydroxyl groups is 2. The number of aliphatic hydroxyl groups excluding tert-OH is 2. The van der Waals surface area contributed by atoms with Crippen molar-refractivity contribution in [2.45, 2.75) is 25.6 Å². The summed E-state index contributed by atoms with van der Waals surface area (Å²) in [6.45, 7) is 5.54. The summed E-state index contributed by atoms with van der Waals surface area (Å²) in [5.41, 5.74) is 0. The highest BCUT2D eigenvalue weighted by atomic mass is 16.5. The minimum absolute atomic E-state index is 0.254. The van der Waals surface area contributed by atoms with Gasteiger partial charge in [0.1, 0.15) is 6.10 Å². The third-order valence-electron chi connectivity index (χ3n) is 1.45. The van der Waals surface area contributed by atoms with Crippen molar-refractivity contribution < 1.29 is 14.9 Å². The third kappa shape index (κ3) is 4.14. The van der Waals surface area contributed by atoms with Crippen molar-refractivity contribution in [1.82, 2.24) is 0 Å². The highest BCUT2D eigenvalue weighted by Crippen LogP contribution is 2.03. The molecule has 3 heteroatoms. The van der Waals surface area contributed by atoms with Crippen molar-refractivity contribution in [3.63, 3.8) is 0 Å². The fourth-order valence-electron chi connectivity index (χ4n) is 0.810. The van der Waals surface area contributed by atoms with Gasteiger partial charge in [-0.2, -0.15) is 0 Å². The summed E-state index contributed by atoms with van der Waals surface area (Å²) < 4.78 is 5.17. The van der Waals surface area contributed by atoms with Crippen LogP contribution >= 0.6 is 0 Å². The Hall–Kier alpha value is -0.380. The second kappa shape index (κ2) is 6.34. The maximum Gasteiger partial charge on any atom is 0.103 e. The van der Waals surface area contributed by atoms with E-state index in [1.165, 1.54) is 0 Å². The molecule has 66 valence electrons. The van der Waals surface area contributed by atoms with Gasteiger partial charge in [-0.3, -0.25) is 0 Å². The Balaban J connectivity index is 3.64. The summed E-state index contributed by atoms with van der Waals surface area (Å²) in [6, 6.07) is 0. The summed E-state index contributed by atoms with van der Waals surface area (Å²) in [5, 5.41) is 17.7. The van der Waals surface area contributed by atoms with Crippen LogP contribution in [0.5, 0.6) is 0 Å². The minimum Gasteiger partial charge on any atom is -0.394 e. The van der Waals surface area contributed by atoms with E-state index in [9.17, 15) is 0 Å². The molecule has 0 aliphatic heterocycles. The molecule has 0 aromatic heterocycles. The van der Waals surface area contributed by atoms with E-state index in [0.29, 0.717) is 13.0 Å². The molecule has 0 radical (unpaired) electrons. The van der Waals surface area contributed by atoms with Crippen LogP contribution in [0.4, 0.5) is 0 Å². The van der Waals surface area contributed by atoms with Gasteiger partial charge in [-0.25, -0.2) is 0 Å². The van der Waals surface area contributed by atoms with Gasteiger partial charge in [0.05, 0.1) is 19.3 Å². The van der Waals surface area contributed by atoms with E-state index in [0.717, 1.165) is 0 Å². The van der Waals surface area contributed by atoms with E-state index >= 15 is 0 Å². The number of ether oxygens (including phenoxy) is 1. The largest absolute Gasteiger partial charge is 0.394 e. The predicted octanol–water partition coefficient (Wildman–Crippen LogP) is 0.321. The summed E-state index contributed by atoms with van der Waals surface area (Å²) in [7, 11) is 0. The normalized spacial score (nSPS) is 15.9. The molecule has 0 bridgehead atoms. The summed E-state index contributed by atoms with van der Waals surface area (Å²) in [4.78, 5) is 0. The zero-order valence-electron chi connectivity index (χ0n) is 6.86. The molecule has 0 aliphatic carbocycles. The molecule has 0 spiro atoms. The van der Waals surface area contributed by atoms with Crippen molar-refractivity contribution in [2.24, 2.45) is 0 Å². The molecule has 2 unspecified atom stereocenters. The van der Waals surface area contributed by atoms with Gasteiger partial charge in [-0.15, -0.1) is 6.58 Å². The van der Waals surface area contributed by atoms with Crippen LogP contribution in [0.15, 0.2) is 12.7 Å². The molecule has 0 amide bonds. The zero-order valence-corrected chi connectivity index (χ0v) is 6.86. The molecule has 0 saturated carbocycles. The lowest BCUT2D eigenvalue weighted by atomic mass is 10.1. The summed E-state index contributed by atoms with van der Waals surface area (Å²) >= 11 is 0. The van der Waals surface area contributed by atoms with Gasteiger partial charge < -0.3 is 14.9 Å². The SMILES string of the molecule is C=CCOC(CC)C(O)CO. The Kier molecular flexibility index (Phi) is 6.12. The average Bonchev–Trinajstić information content (AvgIpc) is 2.05. The van der Waals surface area contributed by atoms with Crippen LogP contribution in [-0.2, 0) is 4.74 Å². The highest BCUT2D eigenvalue weighted by molar-refractivity contribution is 4.70. The minimum atomic E-state index is -0.778. The molecule has 3 nitrogen and oxygen atoms in total. The molecular formula is C8H16O3. The molecule has 11 heavy (non-hydrogen) atoms. The van der Waals surface area contributed by atoms with Crippen LogP contribution < -0.4 is 0 Å². The standard InChI is InChI=1S/C8H16O3/c1-3-5-11-8(4-2)7(10)6-9/h3,7-10H,1,4-6H2,2H3. The van der Waals surface area contributed by atoms with Crippen molar-refractivity contribution >= 4 is 0 Å². The smallest absolute Gasteiger partial charge is 0.103 e. The van der Waals surface area contributed by atoms with E-state index in [1.807, 2.05) is 6.92 Å². The second-order valence-electron chi connectivity index (χ2n) is 2.32. The van der Waals surface area contributed by atoms with Crippen molar-refractivity contribution in [3.8, 4) is 0 Å². The van der Waals surface area contributed by atoms with Crippen LogP contribution in [0.3, 0.4) is 0 Å². The molecule has 0 fully saturated rings. The Bertz CT molecular complexity index is 104. The molecule has 0 saturated heterocycles. The van der Waals surface area contributed by atoms with Crippen LogP contribution in [0, 0.1) is 0 Å². The number of hydrogen-bond acceptors (Lipinski definition) is 3. The molecule has 0 aromatic carbocycles. The van der Waals surface area contributed by atoms with Gasteiger partial charge >= 0.3 is 0 Å². The topological polar surface area (TPSA) is 49.7 Å². The van der Waals surface area contributed by atoms with Crippen LogP contribution in [0.25, 0.3) is 0 Å². The lowest BCUT2D eigenvalue weighted by Crippen LogP contribution is -2.31. The van der Waals surface area contributed by atoms with Gasteiger partial charge in [0.25, 0.3) is 0 Å². The van der Waals surface area contributed by atoms with Gasteiger partial charge in [-0.05, 0) is 6.42 Å². The summed E-state index contributed by atoms with van der Waals surface area (Å²) in [6.07, 6.45) is 1.25. The maximum absolute atomic E-state index is 9.14. The molecular weight excluding hydrogens is 144 g/mol. The highest BCUT2D eigenvalue weighted by Gasteiger charge is 2.15. The molecule has 2 atom stereocenters. The molecule has 0 aromatic rings. The Morgan fingerprint density at radius 3 is 2.64 bits per heavy atom. The van der Waals surface area contributed by atoms with E-state index in [1.54, 1.807) is 6.08 Å². The third-order valence-corrected chi connectivity index (χ3v) is 1.45.